The molecule has 3 N–H and O–H groups in total. The number of carbonyl (C=O) groups excluding carboxylic acids is 1. The Morgan fingerprint density at radius 2 is 2.22 bits per heavy atom. The zero-order valence-corrected chi connectivity index (χ0v) is 11.8. The van der Waals surface area contributed by atoms with Gasteiger partial charge in [-0.25, -0.2) is 0 Å². The van der Waals surface area contributed by atoms with Crippen molar-refractivity contribution in [1.82, 2.24) is 0 Å². The second-order valence-electron chi connectivity index (χ2n) is 3.58. The molecule has 0 radical (unpaired) electrons. The lowest BCUT2D eigenvalue weighted by atomic mass is 10.3. The van der Waals surface area contributed by atoms with Crippen molar-refractivity contribution in [2.45, 2.75) is 19.8 Å². The molecule has 6 heteroatoms. The van der Waals surface area contributed by atoms with Crippen LogP contribution in [-0.2, 0) is 4.79 Å². The van der Waals surface area contributed by atoms with Crippen LogP contribution in [0.3, 0.4) is 0 Å². The molecular formula is C12H18Cl2N2O2. The number of nitrogens with one attached hydrogen (secondary N) is 1. The van der Waals surface area contributed by atoms with Gasteiger partial charge in [0.2, 0.25) is 5.91 Å². The number of ether oxygens (including phenoxy) is 1. The third kappa shape index (κ3) is 5.58. The highest BCUT2D eigenvalue weighted by molar-refractivity contribution is 6.32. The zero-order chi connectivity index (χ0) is 12.7. The highest BCUT2D eigenvalue weighted by Crippen LogP contribution is 2.27. The Bertz CT molecular complexity index is 386. The molecule has 1 amide bonds. The summed E-state index contributed by atoms with van der Waals surface area (Å²) in [6.07, 6.45) is 1.22. The summed E-state index contributed by atoms with van der Waals surface area (Å²) in [6, 6.07) is 5.17. The van der Waals surface area contributed by atoms with Crippen LogP contribution in [0.25, 0.3) is 0 Å². The second kappa shape index (κ2) is 9.03. The Morgan fingerprint density at radius 1 is 1.50 bits per heavy atom. The van der Waals surface area contributed by atoms with Crippen LogP contribution in [0.5, 0.6) is 5.75 Å². The summed E-state index contributed by atoms with van der Waals surface area (Å²) in [4.78, 5) is 11.3. The van der Waals surface area contributed by atoms with Gasteiger partial charge in [-0.3, -0.25) is 4.79 Å². The third-order valence-corrected chi connectivity index (χ3v) is 2.34. The number of rotatable bonds is 6. The predicted octanol–water partition coefficient (Wildman–Crippen LogP) is 2.84. The average molecular weight is 293 g/mol. The Hall–Kier alpha value is -0.970. The number of hydrogen-bond donors (Lipinski definition) is 2. The van der Waals surface area contributed by atoms with Crippen LogP contribution < -0.4 is 15.8 Å². The minimum absolute atomic E-state index is 0. The lowest BCUT2D eigenvalue weighted by Crippen LogP contribution is -2.16. The first-order valence-electron chi connectivity index (χ1n) is 5.59. The summed E-state index contributed by atoms with van der Waals surface area (Å²) < 4.78 is 5.43. The van der Waals surface area contributed by atoms with Crippen molar-refractivity contribution in [3.63, 3.8) is 0 Å². The van der Waals surface area contributed by atoms with Gasteiger partial charge in [-0.2, -0.15) is 0 Å². The van der Waals surface area contributed by atoms with Gasteiger partial charge in [-0.15, -0.1) is 12.4 Å². The lowest BCUT2D eigenvalue weighted by Gasteiger charge is -2.09. The fourth-order valence-corrected chi connectivity index (χ4v) is 1.50. The molecular weight excluding hydrogens is 275 g/mol. The molecule has 18 heavy (non-hydrogen) atoms. The number of benzene rings is 1. The normalized spacial score (nSPS) is 9.50. The molecule has 0 aliphatic rings. The summed E-state index contributed by atoms with van der Waals surface area (Å²) in [7, 11) is 0. The molecule has 0 unspecified atom stereocenters. The third-order valence-electron chi connectivity index (χ3n) is 2.05. The fourth-order valence-electron chi connectivity index (χ4n) is 1.26. The molecule has 0 aromatic heterocycles. The van der Waals surface area contributed by atoms with Gasteiger partial charge in [0.15, 0.2) is 0 Å². The van der Waals surface area contributed by atoms with Crippen molar-refractivity contribution < 1.29 is 9.53 Å². The summed E-state index contributed by atoms with van der Waals surface area (Å²) in [6.45, 7) is 2.98. The number of anilines is 1. The molecule has 1 aromatic rings. The zero-order valence-electron chi connectivity index (χ0n) is 10.2. The molecule has 0 saturated heterocycles. The second-order valence-corrected chi connectivity index (χ2v) is 3.99. The Kier molecular flexibility index (Phi) is 8.54. The summed E-state index contributed by atoms with van der Waals surface area (Å²) in [5, 5.41) is 3.20. The highest BCUT2D eigenvalue weighted by Gasteiger charge is 2.05. The number of amides is 1. The first-order valence-corrected chi connectivity index (χ1v) is 5.97. The van der Waals surface area contributed by atoms with Crippen molar-refractivity contribution in [2.75, 3.05) is 18.5 Å². The number of nitrogens with two attached hydrogens (primary N) is 1. The first-order chi connectivity index (χ1) is 8.17. The molecule has 1 rings (SSSR count). The van der Waals surface area contributed by atoms with Gasteiger partial charge in [-0.05, 0) is 24.6 Å². The quantitative estimate of drug-likeness (QED) is 0.847. The smallest absolute Gasteiger partial charge is 0.225 e. The minimum Gasteiger partial charge on any atom is -0.492 e. The molecule has 0 heterocycles. The molecule has 0 spiro atoms. The van der Waals surface area contributed by atoms with E-state index in [2.05, 4.69) is 5.32 Å². The van der Waals surface area contributed by atoms with E-state index in [1.54, 1.807) is 18.2 Å². The topological polar surface area (TPSA) is 64.3 Å². The van der Waals surface area contributed by atoms with Gasteiger partial charge in [-0.1, -0.05) is 18.5 Å². The highest BCUT2D eigenvalue weighted by atomic mass is 35.5. The van der Waals surface area contributed by atoms with E-state index in [9.17, 15) is 4.79 Å². The molecule has 0 atom stereocenters. The van der Waals surface area contributed by atoms with E-state index in [0.29, 0.717) is 36.0 Å². The maximum atomic E-state index is 11.3. The summed E-state index contributed by atoms with van der Waals surface area (Å²) >= 11 is 6.02. The maximum Gasteiger partial charge on any atom is 0.225 e. The predicted molar refractivity (Wildman–Crippen MR) is 76.8 cm³/mol. The Labute approximate surface area is 118 Å². The number of halogens is 2. The SMILES string of the molecule is CCCOc1ccc(NC(=O)CCN)cc1Cl.Cl. The molecule has 0 aliphatic carbocycles. The van der Waals surface area contributed by atoms with Crippen molar-refractivity contribution >= 4 is 35.6 Å². The summed E-state index contributed by atoms with van der Waals surface area (Å²) in [5.41, 5.74) is 5.94. The van der Waals surface area contributed by atoms with Crippen LogP contribution in [0.1, 0.15) is 19.8 Å². The lowest BCUT2D eigenvalue weighted by molar-refractivity contribution is -0.116. The molecule has 102 valence electrons. The van der Waals surface area contributed by atoms with Gasteiger partial charge < -0.3 is 15.8 Å². The fraction of sp³-hybridized carbons (Fsp3) is 0.417. The van der Waals surface area contributed by atoms with E-state index in [-0.39, 0.29) is 18.3 Å². The van der Waals surface area contributed by atoms with Gasteiger partial charge in [0.1, 0.15) is 5.75 Å². The van der Waals surface area contributed by atoms with Crippen LogP contribution in [0, 0.1) is 0 Å². The van der Waals surface area contributed by atoms with Crippen LogP contribution in [0.15, 0.2) is 18.2 Å². The van der Waals surface area contributed by atoms with E-state index in [1.807, 2.05) is 6.92 Å². The minimum atomic E-state index is -0.120. The standard InChI is InChI=1S/C12H17ClN2O2.ClH/c1-2-7-17-11-4-3-9(8-10(11)13)15-12(16)5-6-14;/h3-4,8H,2,5-7,14H2,1H3,(H,15,16);1H. The molecule has 0 saturated carbocycles. The van der Waals surface area contributed by atoms with E-state index < -0.39 is 0 Å². The van der Waals surface area contributed by atoms with Crippen LogP contribution in [0.4, 0.5) is 5.69 Å². The van der Waals surface area contributed by atoms with E-state index in [1.165, 1.54) is 0 Å². The average Bonchev–Trinajstić information content (AvgIpc) is 2.28. The molecule has 0 bridgehead atoms. The van der Waals surface area contributed by atoms with Crippen molar-refractivity contribution in [3.8, 4) is 5.75 Å². The Balaban J connectivity index is 0.00000289. The maximum absolute atomic E-state index is 11.3. The van der Waals surface area contributed by atoms with Gasteiger partial charge in [0.05, 0.1) is 11.6 Å². The van der Waals surface area contributed by atoms with Crippen LogP contribution in [-0.4, -0.2) is 19.1 Å². The monoisotopic (exact) mass is 292 g/mol. The van der Waals surface area contributed by atoms with Crippen LogP contribution >= 0.6 is 24.0 Å². The Morgan fingerprint density at radius 3 is 2.78 bits per heavy atom. The van der Waals surface area contributed by atoms with Gasteiger partial charge in [0.25, 0.3) is 0 Å². The van der Waals surface area contributed by atoms with Crippen molar-refractivity contribution in [1.29, 1.82) is 0 Å². The van der Waals surface area contributed by atoms with Crippen molar-refractivity contribution in [3.05, 3.63) is 23.2 Å². The van der Waals surface area contributed by atoms with E-state index >= 15 is 0 Å². The molecule has 0 fully saturated rings. The number of hydrogen-bond acceptors (Lipinski definition) is 3. The molecule has 0 aliphatic heterocycles. The van der Waals surface area contributed by atoms with E-state index in [0.717, 1.165) is 6.42 Å². The summed E-state index contributed by atoms with van der Waals surface area (Å²) in [5.74, 6) is 0.510. The number of carbonyl (C=O) groups is 1. The van der Waals surface area contributed by atoms with Crippen molar-refractivity contribution in [2.24, 2.45) is 5.73 Å². The largest absolute Gasteiger partial charge is 0.492 e. The van der Waals surface area contributed by atoms with E-state index in [4.69, 9.17) is 22.1 Å². The first kappa shape index (κ1) is 17.0. The van der Waals surface area contributed by atoms with Gasteiger partial charge >= 0.3 is 0 Å². The molecule has 4 nitrogen and oxygen atoms in total. The van der Waals surface area contributed by atoms with Crippen LogP contribution in [0.2, 0.25) is 5.02 Å². The van der Waals surface area contributed by atoms with Gasteiger partial charge in [0, 0.05) is 18.7 Å². The molecule has 1 aromatic carbocycles.